The van der Waals surface area contributed by atoms with E-state index in [1.165, 1.54) is 9.80 Å². The average Bonchev–Trinajstić information content (AvgIpc) is 2.50. The van der Waals surface area contributed by atoms with Crippen molar-refractivity contribution in [3.05, 3.63) is 0 Å². The molecule has 19 heavy (non-hydrogen) atoms. The summed E-state index contributed by atoms with van der Waals surface area (Å²) in [6.45, 7) is 3.06. The second-order valence-electron chi connectivity index (χ2n) is 4.69. The number of carbonyl (C=O) groups excluding carboxylic acids is 2. The Balaban J connectivity index is 2.71. The van der Waals surface area contributed by atoms with Gasteiger partial charge in [-0.15, -0.1) is 0 Å². The van der Waals surface area contributed by atoms with Crippen LogP contribution in [-0.4, -0.2) is 77.5 Å². The molecule has 0 bridgehead atoms. The summed E-state index contributed by atoms with van der Waals surface area (Å²) in [5, 5.41) is 8.82. The van der Waals surface area contributed by atoms with Crippen LogP contribution in [0.2, 0.25) is 0 Å². The molecule has 0 aromatic carbocycles. The fourth-order valence-electron chi connectivity index (χ4n) is 2.03. The van der Waals surface area contributed by atoms with Crippen LogP contribution in [0.5, 0.6) is 0 Å². The van der Waals surface area contributed by atoms with Crippen molar-refractivity contribution in [3.63, 3.8) is 0 Å². The maximum Gasteiger partial charge on any atom is 0.323 e. The van der Waals surface area contributed by atoms with Crippen LogP contribution in [0.1, 0.15) is 19.8 Å². The number of urea groups is 1. The fraction of sp³-hybridized carbons (Fsp3) is 0.750. The molecule has 1 saturated heterocycles. The number of carbonyl (C=O) groups is 3. The van der Waals surface area contributed by atoms with Gasteiger partial charge in [-0.3, -0.25) is 9.59 Å². The standard InChI is InChI=1S/C12H21N3O4/c1-3-5-14(9-11(17)18)12(19)15-7-4-6-13(2)10(16)8-15/h3-9H2,1-2H3,(H,17,18). The van der Waals surface area contributed by atoms with E-state index in [2.05, 4.69) is 0 Å². The van der Waals surface area contributed by atoms with Gasteiger partial charge in [-0.25, -0.2) is 4.79 Å². The van der Waals surface area contributed by atoms with Crippen molar-refractivity contribution in [2.24, 2.45) is 0 Å². The van der Waals surface area contributed by atoms with E-state index in [1.54, 1.807) is 11.9 Å². The average molecular weight is 271 g/mol. The fourth-order valence-corrected chi connectivity index (χ4v) is 2.03. The van der Waals surface area contributed by atoms with Crippen LogP contribution < -0.4 is 0 Å². The smallest absolute Gasteiger partial charge is 0.323 e. The molecule has 0 aliphatic carbocycles. The lowest BCUT2D eigenvalue weighted by atomic mass is 10.3. The Bertz CT molecular complexity index is 359. The molecule has 0 aromatic heterocycles. The van der Waals surface area contributed by atoms with Crippen molar-refractivity contribution in [1.29, 1.82) is 0 Å². The minimum Gasteiger partial charge on any atom is -0.480 e. The Morgan fingerprint density at radius 2 is 2.05 bits per heavy atom. The lowest BCUT2D eigenvalue weighted by Crippen LogP contribution is -2.47. The van der Waals surface area contributed by atoms with E-state index in [0.717, 1.165) is 0 Å². The predicted molar refractivity (Wildman–Crippen MR) is 68.7 cm³/mol. The van der Waals surface area contributed by atoms with Gasteiger partial charge in [-0.05, 0) is 12.8 Å². The highest BCUT2D eigenvalue weighted by Gasteiger charge is 2.27. The van der Waals surface area contributed by atoms with E-state index in [9.17, 15) is 14.4 Å². The maximum atomic E-state index is 12.2. The van der Waals surface area contributed by atoms with Crippen LogP contribution in [0.15, 0.2) is 0 Å². The zero-order valence-corrected chi connectivity index (χ0v) is 11.5. The van der Waals surface area contributed by atoms with Gasteiger partial charge in [-0.2, -0.15) is 0 Å². The highest BCUT2D eigenvalue weighted by Crippen LogP contribution is 2.07. The molecule has 0 aromatic rings. The summed E-state index contributed by atoms with van der Waals surface area (Å²) in [4.78, 5) is 39.0. The van der Waals surface area contributed by atoms with E-state index in [0.29, 0.717) is 32.5 Å². The normalized spacial score (nSPS) is 16.2. The molecule has 108 valence electrons. The number of aliphatic carboxylic acids is 1. The van der Waals surface area contributed by atoms with E-state index >= 15 is 0 Å². The largest absolute Gasteiger partial charge is 0.480 e. The number of rotatable bonds is 4. The van der Waals surface area contributed by atoms with Crippen LogP contribution in [0, 0.1) is 0 Å². The van der Waals surface area contributed by atoms with Crippen molar-refractivity contribution in [1.82, 2.24) is 14.7 Å². The van der Waals surface area contributed by atoms with Crippen molar-refractivity contribution in [2.45, 2.75) is 19.8 Å². The predicted octanol–water partition coefficient (Wildman–Crippen LogP) is 0.0671. The number of carboxylic acids is 1. The Kier molecular flexibility index (Phi) is 5.59. The van der Waals surface area contributed by atoms with Crippen LogP contribution in [0.25, 0.3) is 0 Å². The van der Waals surface area contributed by atoms with Crippen molar-refractivity contribution >= 4 is 17.9 Å². The van der Waals surface area contributed by atoms with Crippen LogP contribution in [-0.2, 0) is 9.59 Å². The molecule has 0 atom stereocenters. The van der Waals surface area contributed by atoms with Gasteiger partial charge < -0.3 is 19.8 Å². The molecule has 1 fully saturated rings. The highest BCUT2D eigenvalue weighted by molar-refractivity contribution is 5.86. The van der Waals surface area contributed by atoms with E-state index in [1.807, 2.05) is 6.92 Å². The third-order valence-electron chi connectivity index (χ3n) is 3.03. The summed E-state index contributed by atoms with van der Waals surface area (Å²) in [6.07, 6.45) is 1.39. The third-order valence-corrected chi connectivity index (χ3v) is 3.03. The van der Waals surface area contributed by atoms with Crippen molar-refractivity contribution in [3.8, 4) is 0 Å². The monoisotopic (exact) mass is 271 g/mol. The summed E-state index contributed by atoms with van der Waals surface area (Å²) in [6, 6.07) is -0.368. The SMILES string of the molecule is CCCN(CC(=O)O)C(=O)N1CCCN(C)C(=O)C1. The lowest BCUT2D eigenvalue weighted by Gasteiger charge is -2.28. The zero-order valence-electron chi connectivity index (χ0n) is 11.5. The molecular weight excluding hydrogens is 250 g/mol. The van der Waals surface area contributed by atoms with Gasteiger partial charge in [0.25, 0.3) is 0 Å². The first kappa shape index (κ1) is 15.3. The van der Waals surface area contributed by atoms with Gasteiger partial charge in [0, 0.05) is 26.7 Å². The van der Waals surface area contributed by atoms with Gasteiger partial charge in [-0.1, -0.05) is 6.92 Å². The third kappa shape index (κ3) is 4.42. The summed E-state index contributed by atoms with van der Waals surface area (Å²) in [5.41, 5.74) is 0. The second kappa shape index (κ2) is 6.96. The molecule has 7 nitrogen and oxygen atoms in total. The molecule has 1 heterocycles. The summed E-state index contributed by atoms with van der Waals surface area (Å²) < 4.78 is 0. The van der Waals surface area contributed by atoms with Crippen molar-refractivity contribution in [2.75, 3.05) is 39.8 Å². The molecule has 1 aliphatic rings. The molecule has 1 aliphatic heterocycles. The number of nitrogens with zero attached hydrogens (tertiary/aromatic N) is 3. The highest BCUT2D eigenvalue weighted by atomic mass is 16.4. The van der Waals surface area contributed by atoms with Crippen molar-refractivity contribution < 1.29 is 19.5 Å². The summed E-state index contributed by atoms with van der Waals surface area (Å²) >= 11 is 0. The van der Waals surface area contributed by atoms with Crippen LogP contribution >= 0.6 is 0 Å². The number of amides is 3. The number of carboxylic acid groups (broad SMARTS) is 1. The first-order valence-electron chi connectivity index (χ1n) is 6.45. The summed E-state index contributed by atoms with van der Waals surface area (Å²) in [7, 11) is 1.71. The minimum absolute atomic E-state index is 0.0230. The molecule has 7 heteroatoms. The molecule has 1 rings (SSSR count). The van der Waals surface area contributed by atoms with Gasteiger partial charge in [0.1, 0.15) is 13.1 Å². The Labute approximate surface area is 112 Å². The van der Waals surface area contributed by atoms with Crippen LogP contribution in [0.4, 0.5) is 4.79 Å². The van der Waals surface area contributed by atoms with Gasteiger partial charge in [0.15, 0.2) is 0 Å². The first-order valence-corrected chi connectivity index (χ1v) is 6.45. The van der Waals surface area contributed by atoms with Gasteiger partial charge >= 0.3 is 12.0 Å². The number of hydrogen-bond acceptors (Lipinski definition) is 3. The Morgan fingerprint density at radius 1 is 1.37 bits per heavy atom. The Hall–Kier alpha value is -1.79. The maximum absolute atomic E-state index is 12.2. The van der Waals surface area contributed by atoms with Gasteiger partial charge in [0.2, 0.25) is 5.91 Å². The quantitative estimate of drug-likeness (QED) is 0.784. The number of hydrogen-bond donors (Lipinski definition) is 1. The summed E-state index contributed by atoms with van der Waals surface area (Å²) in [5.74, 6) is -1.15. The topological polar surface area (TPSA) is 81.2 Å². The molecule has 3 amide bonds. The molecular formula is C12H21N3O4. The molecule has 1 N–H and O–H groups in total. The van der Waals surface area contributed by atoms with Gasteiger partial charge in [0.05, 0.1) is 0 Å². The molecule has 0 radical (unpaired) electrons. The molecule has 0 spiro atoms. The zero-order chi connectivity index (χ0) is 14.4. The molecule has 0 saturated carbocycles. The van der Waals surface area contributed by atoms with Crippen LogP contribution in [0.3, 0.4) is 0 Å². The molecule has 0 unspecified atom stereocenters. The van der Waals surface area contributed by atoms with E-state index in [4.69, 9.17) is 5.11 Å². The second-order valence-corrected chi connectivity index (χ2v) is 4.69. The first-order chi connectivity index (χ1) is 8.95. The number of likely N-dealkylation sites (N-methyl/N-ethyl adjacent to an activating group) is 1. The van der Waals surface area contributed by atoms with E-state index in [-0.39, 0.29) is 25.0 Å². The van der Waals surface area contributed by atoms with E-state index < -0.39 is 5.97 Å². The lowest BCUT2D eigenvalue weighted by molar-refractivity contribution is -0.137. The Morgan fingerprint density at radius 3 is 2.63 bits per heavy atom. The minimum atomic E-state index is -1.04.